The van der Waals surface area contributed by atoms with Crippen molar-refractivity contribution in [3.63, 3.8) is 0 Å². The highest BCUT2D eigenvalue weighted by molar-refractivity contribution is 7.99. The number of hydrogen-bond donors (Lipinski definition) is 2. The van der Waals surface area contributed by atoms with Gasteiger partial charge in [-0.25, -0.2) is 13.4 Å². The molecule has 5 nitrogen and oxygen atoms in total. The monoisotopic (exact) mass is 371 g/mol. The van der Waals surface area contributed by atoms with Crippen LogP contribution in [-0.4, -0.2) is 44.7 Å². The van der Waals surface area contributed by atoms with Gasteiger partial charge < -0.3 is 10.6 Å². The van der Waals surface area contributed by atoms with Crippen LogP contribution in [0.3, 0.4) is 0 Å². The third-order valence-corrected chi connectivity index (χ3v) is 5.56. The predicted molar refractivity (Wildman–Crippen MR) is 105 cm³/mol. The molecule has 0 aliphatic heterocycles. The highest BCUT2D eigenvalue weighted by atomic mass is 32.2. The number of sulfone groups is 1. The van der Waals surface area contributed by atoms with Crippen molar-refractivity contribution in [1.82, 2.24) is 10.6 Å². The van der Waals surface area contributed by atoms with Crippen LogP contribution >= 0.6 is 11.8 Å². The molecule has 0 unspecified atom stereocenters. The summed E-state index contributed by atoms with van der Waals surface area (Å²) < 4.78 is 22.8. The number of benzene rings is 1. The van der Waals surface area contributed by atoms with E-state index in [0.717, 1.165) is 30.2 Å². The fourth-order valence-corrected chi connectivity index (χ4v) is 2.94. The molecule has 0 aliphatic carbocycles. The summed E-state index contributed by atoms with van der Waals surface area (Å²) in [5.41, 5.74) is 1.85. The van der Waals surface area contributed by atoms with Crippen LogP contribution in [0, 0.1) is 0 Å². The van der Waals surface area contributed by atoms with Gasteiger partial charge in [0.25, 0.3) is 0 Å². The number of guanidine groups is 1. The zero-order valence-corrected chi connectivity index (χ0v) is 16.9. The van der Waals surface area contributed by atoms with Crippen molar-refractivity contribution in [2.75, 3.05) is 25.6 Å². The van der Waals surface area contributed by atoms with E-state index in [1.165, 1.54) is 6.26 Å². The van der Waals surface area contributed by atoms with Gasteiger partial charge in [-0.05, 0) is 38.2 Å². The lowest BCUT2D eigenvalue weighted by Gasteiger charge is -2.23. The summed E-state index contributed by atoms with van der Waals surface area (Å²) in [5.74, 6) is 0.865. The number of nitrogens with zero attached hydrogens (tertiary/aromatic N) is 1. The summed E-state index contributed by atoms with van der Waals surface area (Å²) in [6, 6.07) is 7.56. The number of thioether (sulfide) groups is 1. The molecule has 0 spiro atoms. The second-order valence-electron chi connectivity index (χ2n) is 6.40. The van der Waals surface area contributed by atoms with Gasteiger partial charge in [0.15, 0.2) is 15.8 Å². The van der Waals surface area contributed by atoms with E-state index in [0.29, 0.717) is 6.54 Å². The Kier molecular flexibility index (Phi) is 8.09. The summed E-state index contributed by atoms with van der Waals surface area (Å²) in [6.45, 7) is 8.60. The first kappa shape index (κ1) is 20.8. The van der Waals surface area contributed by atoms with Crippen LogP contribution in [0.2, 0.25) is 0 Å². The molecule has 0 radical (unpaired) electrons. The minimum absolute atomic E-state index is 0.0739. The van der Waals surface area contributed by atoms with E-state index in [4.69, 9.17) is 0 Å². The Morgan fingerprint density at radius 1 is 1.17 bits per heavy atom. The fourth-order valence-electron chi connectivity index (χ4n) is 1.92. The molecule has 0 atom stereocenters. The van der Waals surface area contributed by atoms with E-state index in [9.17, 15) is 8.42 Å². The van der Waals surface area contributed by atoms with Crippen LogP contribution in [-0.2, 0) is 22.1 Å². The number of rotatable bonds is 8. The SMILES string of the molecule is CCNC(=NCc1ccc(CS(C)(=O)=O)cc1)NCC(C)(C)SC. The number of nitrogens with one attached hydrogen (secondary N) is 2. The topological polar surface area (TPSA) is 70.6 Å². The zero-order chi connectivity index (χ0) is 18.2. The lowest BCUT2D eigenvalue weighted by atomic mass is 10.1. The van der Waals surface area contributed by atoms with Gasteiger partial charge in [-0.15, -0.1) is 0 Å². The van der Waals surface area contributed by atoms with Crippen molar-refractivity contribution in [3.8, 4) is 0 Å². The largest absolute Gasteiger partial charge is 0.357 e. The average molecular weight is 372 g/mol. The molecule has 0 saturated carbocycles. The van der Waals surface area contributed by atoms with Gasteiger partial charge in [-0.1, -0.05) is 24.3 Å². The van der Waals surface area contributed by atoms with E-state index in [2.05, 4.69) is 35.7 Å². The third kappa shape index (κ3) is 8.59. The molecular weight excluding hydrogens is 342 g/mol. The standard InChI is InChI=1S/C17H29N3O2S2/c1-6-18-16(20-13-17(2,3)23-4)19-11-14-7-9-15(10-8-14)12-24(5,21)22/h7-10H,6,11-13H2,1-5H3,(H2,18,19,20). The molecule has 0 amide bonds. The first-order valence-electron chi connectivity index (χ1n) is 7.98. The van der Waals surface area contributed by atoms with Crippen LogP contribution in [0.15, 0.2) is 29.3 Å². The predicted octanol–water partition coefficient (Wildman–Crippen LogP) is 2.43. The van der Waals surface area contributed by atoms with Crippen molar-refractivity contribution in [2.24, 2.45) is 4.99 Å². The van der Waals surface area contributed by atoms with Gasteiger partial charge >= 0.3 is 0 Å². The lowest BCUT2D eigenvalue weighted by molar-refractivity contribution is 0.601. The maximum Gasteiger partial charge on any atom is 0.191 e. The van der Waals surface area contributed by atoms with E-state index >= 15 is 0 Å². The maximum atomic E-state index is 11.3. The summed E-state index contributed by atoms with van der Waals surface area (Å²) in [4.78, 5) is 4.59. The van der Waals surface area contributed by atoms with E-state index in [-0.39, 0.29) is 10.5 Å². The van der Waals surface area contributed by atoms with E-state index < -0.39 is 9.84 Å². The average Bonchev–Trinajstić information content (AvgIpc) is 2.50. The van der Waals surface area contributed by atoms with Gasteiger partial charge in [-0.3, -0.25) is 0 Å². The molecule has 1 rings (SSSR count). The van der Waals surface area contributed by atoms with Crippen molar-refractivity contribution in [2.45, 2.75) is 37.8 Å². The first-order valence-corrected chi connectivity index (χ1v) is 11.3. The van der Waals surface area contributed by atoms with Crippen molar-refractivity contribution >= 4 is 27.6 Å². The molecule has 24 heavy (non-hydrogen) atoms. The summed E-state index contributed by atoms with van der Waals surface area (Å²) in [5, 5.41) is 6.61. The normalized spacial score (nSPS) is 13.0. The Hall–Kier alpha value is -1.21. The fraction of sp³-hybridized carbons (Fsp3) is 0.588. The third-order valence-electron chi connectivity index (χ3n) is 3.45. The lowest BCUT2D eigenvalue weighted by Crippen LogP contribution is -2.43. The van der Waals surface area contributed by atoms with Crippen molar-refractivity contribution in [1.29, 1.82) is 0 Å². The molecule has 0 aromatic heterocycles. The Morgan fingerprint density at radius 3 is 2.25 bits per heavy atom. The van der Waals surface area contributed by atoms with Crippen LogP contribution in [0.1, 0.15) is 31.9 Å². The van der Waals surface area contributed by atoms with E-state index in [1.54, 1.807) is 0 Å². The molecule has 0 saturated heterocycles. The summed E-state index contributed by atoms with van der Waals surface area (Å²) in [7, 11) is -3.00. The molecule has 1 aromatic rings. The van der Waals surface area contributed by atoms with Gasteiger partial charge in [0.1, 0.15) is 0 Å². The van der Waals surface area contributed by atoms with Gasteiger partial charge in [-0.2, -0.15) is 11.8 Å². The van der Waals surface area contributed by atoms with Crippen molar-refractivity contribution in [3.05, 3.63) is 35.4 Å². The number of aliphatic imine (C=N–C) groups is 1. The second kappa shape index (κ2) is 9.32. The minimum Gasteiger partial charge on any atom is -0.357 e. The van der Waals surface area contributed by atoms with Gasteiger partial charge in [0.2, 0.25) is 0 Å². The second-order valence-corrected chi connectivity index (χ2v) is 10.1. The minimum atomic E-state index is -3.00. The van der Waals surface area contributed by atoms with Crippen molar-refractivity contribution < 1.29 is 8.42 Å². The molecule has 0 heterocycles. The Balaban J connectivity index is 2.68. The zero-order valence-electron chi connectivity index (χ0n) is 15.2. The van der Waals surface area contributed by atoms with Crippen LogP contribution < -0.4 is 10.6 Å². The summed E-state index contributed by atoms with van der Waals surface area (Å²) in [6.07, 6.45) is 3.35. The molecule has 0 bridgehead atoms. The molecule has 0 aliphatic rings. The highest BCUT2D eigenvalue weighted by Crippen LogP contribution is 2.19. The van der Waals surface area contributed by atoms with Gasteiger partial charge in [0, 0.05) is 24.1 Å². The molecule has 1 aromatic carbocycles. The Labute approximate surface area is 150 Å². The Morgan fingerprint density at radius 2 is 1.75 bits per heavy atom. The first-order chi connectivity index (χ1) is 11.1. The van der Waals surface area contributed by atoms with Crippen LogP contribution in [0.5, 0.6) is 0 Å². The molecular formula is C17H29N3O2S2. The molecule has 7 heteroatoms. The maximum absolute atomic E-state index is 11.3. The molecule has 0 fully saturated rings. The molecule has 136 valence electrons. The van der Waals surface area contributed by atoms with Crippen LogP contribution in [0.4, 0.5) is 0 Å². The summed E-state index contributed by atoms with van der Waals surface area (Å²) >= 11 is 1.81. The smallest absolute Gasteiger partial charge is 0.191 e. The van der Waals surface area contributed by atoms with E-state index in [1.807, 2.05) is 43.0 Å². The molecule has 2 N–H and O–H groups in total. The van der Waals surface area contributed by atoms with Gasteiger partial charge in [0.05, 0.1) is 12.3 Å². The Bertz CT molecular complexity index is 638. The highest BCUT2D eigenvalue weighted by Gasteiger charge is 2.16. The van der Waals surface area contributed by atoms with Crippen LogP contribution in [0.25, 0.3) is 0 Å². The quantitative estimate of drug-likeness (QED) is 0.542. The number of hydrogen-bond acceptors (Lipinski definition) is 4.